The van der Waals surface area contributed by atoms with Crippen LogP contribution < -0.4 is 5.32 Å². The number of fused-ring (bicyclic) bond motifs is 1. The zero-order valence-electron chi connectivity index (χ0n) is 12.6. The van der Waals surface area contributed by atoms with Gasteiger partial charge in [0.1, 0.15) is 5.82 Å². The molecule has 3 nitrogen and oxygen atoms in total. The second-order valence-corrected chi connectivity index (χ2v) is 5.94. The van der Waals surface area contributed by atoms with E-state index in [0.29, 0.717) is 0 Å². The summed E-state index contributed by atoms with van der Waals surface area (Å²) in [5.74, 6) is 1.76. The second-order valence-electron chi connectivity index (χ2n) is 5.03. The summed E-state index contributed by atoms with van der Waals surface area (Å²) in [7, 11) is 0. The third-order valence-corrected chi connectivity index (χ3v) is 4.56. The van der Waals surface area contributed by atoms with E-state index in [0.717, 1.165) is 35.5 Å². The lowest BCUT2D eigenvalue weighted by molar-refractivity contribution is 1.12. The molecule has 0 saturated heterocycles. The third-order valence-electron chi connectivity index (χ3n) is 3.60. The molecule has 0 amide bonds. The number of aromatic nitrogens is 2. The second kappa shape index (κ2) is 5.82. The first-order chi connectivity index (χ1) is 10.2. The van der Waals surface area contributed by atoms with Gasteiger partial charge in [0.15, 0.2) is 5.82 Å². The van der Waals surface area contributed by atoms with Crippen LogP contribution in [0.1, 0.15) is 25.0 Å². The van der Waals surface area contributed by atoms with Gasteiger partial charge in [0.25, 0.3) is 0 Å². The summed E-state index contributed by atoms with van der Waals surface area (Å²) < 4.78 is 0. The molecule has 1 aromatic carbocycles. The first-order valence-corrected chi connectivity index (χ1v) is 8.20. The van der Waals surface area contributed by atoms with E-state index < -0.39 is 0 Å². The number of nitrogens with one attached hydrogen (secondary N) is 1. The van der Waals surface area contributed by atoms with E-state index in [-0.39, 0.29) is 0 Å². The summed E-state index contributed by atoms with van der Waals surface area (Å²) in [5.41, 5.74) is 3.54. The Kier molecular flexibility index (Phi) is 3.88. The molecule has 3 aromatic rings. The zero-order valence-corrected chi connectivity index (χ0v) is 13.4. The van der Waals surface area contributed by atoms with Crippen LogP contribution in [0.25, 0.3) is 21.6 Å². The highest BCUT2D eigenvalue weighted by Crippen LogP contribution is 2.31. The third kappa shape index (κ3) is 2.51. The fraction of sp³-hybridized carbons (Fsp3) is 0.294. The highest BCUT2D eigenvalue weighted by molar-refractivity contribution is 7.13. The van der Waals surface area contributed by atoms with Crippen LogP contribution in [0.5, 0.6) is 0 Å². The minimum absolute atomic E-state index is 0.833. The number of para-hydroxylation sites is 1. The Morgan fingerprint density at radius 2 is 2.00 bits per heavy atom. The van der Waals surface area contributed by atoms with Crippen molar-refractivity contribution in [1.29, 1.82) is 0 Å². The molecule has 0 aliphatic heterocycles. The first kappa shape index (κ1) is 14.0. The topological polar surface area (TPSA) is 37.8 Å². The van der Waals surface area contributed by atoms with Gasteiger partial charge in [-0.25, -0.2) is 9.97 Å². The van der Waals surface area contributed by atoms with Crippen LogP contribution in [0.15, 0.2) is 29.6 Å². The summed E-state index contributed by atoms with van der Waals surface area (Å²) in [4.78, 5) is 10.8. The fourth-order valence-corrected chi connectivity index (χ4v) is 3.44. The summed E-state index contributed by atoms with van der Waals surface area (Å²) in [6.45, 7) is 7.21. The quantitative estimate of drug-likeness (QED) is 0.761. The van der Waals surface area contributed by atoms with Gasteiger partial charge in [0, 0.05) is 11.9 Å². The highest BCUT2D eigenvalue weighted by Gasteiger charge is 2.13. The lowest BCUT2D eigenvalue weighted by Crippen LogP contribution is -2.03. The number of hydrogen-bond donors (Lipinski definition) is 1. The van der Waals surface area contributed by atoms with E-state index >= 15 is 0 Å². The van der Waals surface area contributed by atoms with Crippen LogP contribution in [0.2, 0.25) is 0 Å². The van der Waals surface area contributed by atoms with Crippen molar-refractivity contribution in [3.63, 3.8) is 0 Å². The number of nitrogens with zero attached hydrogens (tertiary/aromatic N) is 2. The molecule has 0 aliphatic carbocycles. The molecule has 0 aliphatic rings. The van der Waals surface area contributed by atoms with E-state index in [4.69, 9.17) is 9.97 Å². The van der Waals surface area contributed by atoms with Gasteiger partial charge in [0.05, 0.1) is 10.4 Å². The maximum absolute atomic E-state index is 4.83. The average Bonchev–Trinajstić information content (AvgIpc) is 2.97. The molecular formula is C17H19N3S. The molecule has 0 unspecified atom stereocenters. The highest BCUT2D eigenvalue weighted by atomic mass is 32.1. The number of hydrogen-bond acceptors (Lipinski definition) is 4. The Morgan fingerprint density at radius 3 is 2.76 bits per heavy atom. The molecule has 0 saturated carbocycles. The van der Waals surface area contributed by atoms with Crippen LogP contribution in [0.3, 0.4) is 0 Å². The van der Waals surface area contributed by atoms with Gasteiger partial charge in [0.2, 0.25) is 0 Å². The van der Waals surface area contributed by atoms with Gasteiger partial charge in [-0.1, -0.05) is 19.1 Å². The molecule has 108 valence electrons. The number of aryl methyl sites for hydroxylation is 2. The van der Waals surface area contributed by atoms with Gasteiger partial charge >= 0.3 is 0 Å². The molecule has 4 heteroatoms. The minimum atomic E-state index is 0.833. The van der Waals surface area contributed by atoms with Gasteiger partial charge in [-0.2, -0.15) is 0 Å². The summed E-state index contributed by atoms with van der Waals surface area (Å²) in [6, 6.07) is 8.41. The Bertz CT molecular complexity index is 777. The monoisotopic (exact) mass is 297 g/mol. The maximum atomic E-state index is 4.83. The summed E-state index contributed by atoms with van der Waals surface area (Å²) in [5, 5.41) is 6.58. The number of thiophene rings is 1. The van der Waals surface area contributed by atoms with Crippen LogP contribution in [0, 0.1) is 6.92 Å². The minimum Gasteiger partial charge on any atom is -0.370 e. The van der Waals surface area contributed by atoms with Crippen molar-refractivity contribution in [3.05, 3.63) is 40.8 Å². The molecule has 3 rings (SSSR count). The fourth-order valence-electron chi connectivity index (χ4n) is 2.51. The number of benzene rings is 1. The maximum Gasteiger partial charge on any atom is 0.172 e. The van der Waals surface area contributed by atoms with Crippen LogP contribution in [-0.2, 0) is 6.42 Å². The Labute approximate surface area is 129 Å². The zero-order chi connectivity index (χ0) is 14.8. The lowest BCUT2D eigenvalue weighted by Gasteiger charge is -2.11. The van der Waals surface area contributed by atoms with Gasteiger partial charge in [-0.05, 0) is 48.9 Å². The molecule has 1 N–H and O–H groups in total. The van der Waals surface area contributed by atoms with E-state index in [1.165, 1.54) is 16.0 Å². The molecule has 2 aromatic heterocycles. The Balaban J connectivity index is 2.27. The lowest BCUT2D eigenvalue weighted by atomic mass is 10.1. The summed E-state index contributed by atoms with van der Waals surface area (Å²) >= 11 is 1.72. The molecular weight excluding hydrogens is 278 g/mol. The number of rotatable bonds is 4. The van der Waals surface area contributed by atoms with Crippen molar-refractivity contribution in [3.8, 4) is 10.7 Å². The molecule has 0 fully saturated rings. The number of anilines is 1. The first-order valence-electron chi connectivity index (χ1n) is 7.32. The van der Waals surface area contributed by atoms with Crippen LogP contribution in [-0.4, -0.2) is 16.5 Å². The van der Waals surface area contributed by atoms with E-state index in [2.05, 4.69) is 55.7 Å². The predicted octanol–water partition coefficient (Wildman–Crippen LogP) is 4.66. The smallest absolute Gasteiger partial charge is 0.172 e. The predicted molar refractivity (Wildman–Crippen MR) is 91.1 cm³/mol. The molecule has 2 heterocycles. The van der Waals surface area contributed by atoms with Crippen LogP contribution in [0.4, 0.5) is 5.82 Å². The molecule has 0 spiro atoms. The normalized spacial score (nSPS) is 11.0. The van der Waals surface area contributed by atoms with Crippen molar-refractivity contribution in [1.82, 2.24) is 9.97 Å². The van der Waals surface area contributed by atoms with Crippen molar-refractivity contribution in [2.45, 2.75) is 27.2 Å². The van der Waals surface area contributed by atoms with Gasteiger partial charge < -0.3 is 5.32 Å². The van der Waals surface area contributed by atoms with E-state index in [1.54, 1.807) is 11.3 Å². The largest absolute Gasteiger partial charge is 0.370 e. The van der Waals surface area contributed by atoms with Crippen molar-refractivity contribution in [2.75, 3.05) is 11.9 Å². The van der Waals surface area contributed by atoms with Gasteiger partial charge in [-0.15, -0.1) is 11.3 Å². The van der Waals surface area contributed by atoms with Crippen LogP contribution >= 0.6 is 11.3 Å². The molecule has 21 heavy (non-hydrogen) atoms. The Hall–Kier alpha value is -1.94. The molecule has 0 atom stereocenters. The van der Waals surface area contributed by atoms with Crippen molar-refractivity contribution < 1.29 is 0 Å². The molecule has 0 radical (unpaired) electrons. The van der Waals surface area contributed by atoms with Crippen molar-refractivity contribution >= 4 is 28.1 Å². The van der Waals surface area contributed by atoms with Crippen molar-refractivity contribution in [2.24, 2.45) is 0 Å². The van der Waals surface area contributed by atoms with E-state index in [9.17, 15) is 0 Å². The average molecular weight is 297 g/mol. The van der Waals surface area contributed by atoms with Gasteiger partial charge in [-0.3, -0.25) is 0 Å². The van der Waals surface area contributed by atoms with E-state index in [1.807, 2.05) is 0 Å². The SMILES string of the molecule is CCNc1nc(-c2sccc2CC)nc2c(C)cccc12. The summed E-state index contributed by atoms with van der Waals surface area (Å²) in [6.07, 6.45) is 1.00. The Morgan fingerprint density at radius 1 is 1.14 bits per heavy atom. The molecule has 0 bridgehead atoms. The standard InChI is InChI=1S/C17H19N3S/c1-4-12-9-10-21-15(12)17-19-14-11(3)7-6-8-13(14)16(20-17)18-5-2/h6-10H,4-5H2,1-3H3,(H,18,19,20).